The summed E-state index contributed by atoms with van der Waals surface area (Å²) in [6, 6.07) is 1.78. The fourth-order valence-electron chi connectivity index (χ4n) is 4.03. The molecule has 1 saturated heterocycles. The molecule has 10 nitrogen and oxygen atoms in total. The molecular weight excluding hydrogens is 451 g/mol. The van der Waals surface area contributed by atoms with E-state index in [9.17, 15) is 42.5 Å². The van der Waals surface area contributed by atoms with Crippen molar-refractivity contribution in [2.24, 2.45) is 11.8 Å². The van der Waals surface area contributed by atoms with Gasteiger partial charge in [0.2, 0.25) is 11.8 Å². The fraction of sp³-hybridized carbons (Fsp3) is 0.500. The van der Waals surface area contributed by atoms with Crippen molar-refractivity contribution in [3.63, 3.8) is 0 Å². The zero-order chi connectivity index (χ0) is 24.5. The van der Waals surface area contributed by atoms with E-state index in [2.05, 4.69) is 0 Å². The molecule has 0 bridgehead atoms. The summed E-state index contributed by atoms with van der Waals surface area (Å²) in [6.07, 6.45) is -3.85. The van der Waals surface area contributed by atoms with Crippen LogP contribution in [0.4, 0.5) is 24.5 Å². The third-order valence-electron chi connectivity index (χ3n) is 5.67. The van der Waals surface area contributed by atoms with E-state index >= 15 is 0 Å². The minimum Gasteiger partial charge on any atom is -0.451 e. The van der Waals surface area contributed by atoms with Crippen LogP contribution in [-0.4, -0.2) is 46.2 Å². The number of nitrogens with zero attached hydrogens (tertiary/aromatic N) is 2. The van der Waals surface area contributed by atoms with E-state index in [1.54, 1.807) is 0 Å². The molecule has 2 aliphatic rings. The van der Waals surface area contributed by atoms with Crippen LogP contribution in [0, 0.1) is 22.0 Å². The number of non-ortho nitro benzene ring substituents is 1. The molecule has 1 aromatic carbocycles. The molecule has 3 amide bonds. The average molecular weight is 471 g/mol. The lowest BCUT2D eigenvalue weighted by Gasteiger charge is -2.19. The lowest BCUT2D eigenvalue weighted by Crippen LogP contribution is -2.39. The summed E-state index contributed by atoms with van der Waals surface area (Å²) in [5.74, 6) is -4.09. The Labute approximate surface area is 185 Å². The van der Waals surface area contributed by atoms with Gasteiger partial charge in [-0.3, -0.25) is 34.2 Å². The Balaban J connectivity index is 1.64. The number of alkyl halides is 3. The highest BCUT2D eigenvalue weighted by Crippen LogP contribution is 2.38. The molecule has 178 valence electrons. The number of benzene rings is 1. The van der Waals surface area contributed by atoms with Gasteiger partial charge < -0.3 is 10.1 Å². The Morgan fingerprint density at radius 1 is 1.21 bits per heavy atom. The predicted octanol–water partition coefficient (Wildman–Crippen LogP) is 2.66. The van der Waals surface area contributed by atoms with E-state index in [1.807, 2.05) is 5.32 Å². The highest BCUT2D eigenvalue weighted by molar-refractivity contribution is 6.07. The Morgan fingerprint density at radius 2 is 1.79 bits per heavy atom. The van der Waals surface area contributed by atoms with Gasteiger partial charge in [-0.15, -0.1) is 0 Å². The summed E-state index contributed by atoms with van der Waals surface area (Å²) in [5.41, 5.74) is -3.02. The first kappa shape index (κ1) is 24.1. The molecule has 13 heteroatoms. The number of anilines is 1. The topological polar surface area (TPSA) is 136 Å². The Morgan fingerprint density at radius 3 is 2.30 bits per heavy atom. The van der Waals surface area contributed by atoms with E-state index in [4.69, 9.17) is 4.74 Å². The summed E-state index contributed by atoms with van der Waals surface area (Å²) in [4.78, 5) is 59.9. The van der Waals surface area contributed by atoms with Crippen LogP contribution < -0.4 is 5.32 Å². The summed E-state index contributed by atoms with van der Waals surface area (Å²) in [6.45, 7) is 0.396. The lowest BCUT2D eigenvalue weighted by molar-refractivity contribution is -0.385. The normalized spacial score (nSPS) is 21.4. The van der Waals surface area contributed by atoms with Gasteiger partial charge in [-0.2, -0.15) is 13.2 Å². The van der Waals surface area contributed by atoms with Gasteiger partial charge in [-0.1, -0.05) is 12.8 Å². The average Bonchev–Trinajstić information content (AvgIpc) is 2.98. The van der Waals surface area contributed by atoms with Crippen molar-refractivity contribution in [3.8, 4) is 0 Å². The number of nitro groups is 1. The summed E-state index contributed by atoms with van der Waals surface area (Å²) in [7, 11) is 0. The molecule has 1 saturated carbocycles. The predicted molar refractivity (Wildman–Crippen MR) is 104 cm³/mol. The Kier molecular flexibility index (Phi) is 6.70. The molecule has 33 heavy (non-hydrogen) atoms. The maximum Gasteiger partial charge on any atom is 0.418 e. The van der Waals surface area contributed by atoms with Crippen molar-refractivity contribution in [1.82, 2.24) is 4.90 Å². The second-order valence-electron chi connectivity index (χ2n) is 7.87. The molecule has 0 spiro atoms. The first-order chi connectivity index (χ1) is 15.4. The largest absolute Gasteiger partial charge is 0.451 e. The van der Waals surface area contributed by atoms with Gasteiger partial charge in [0.15, 0.2) is 6.10 Å². The third kappa shape index (κ3) is 5.12. The molecule has 3 atom stereocenters. The number of nitro benzene ring substituents is 1. The molecule has 0 aromatic heterocycles. The number of esters is 1. The maximum absolute atomic E-state index is 13.3. The molecule has 2 fully saturated rings. The van der Waals surface area contributed by atoms with Crippen LogP contribution in [-0.2, 0) is 30.1 Å². The van der Waals surface area contributed by atoms with Crippen LogP contribution in [0.25, 0.3) is 0 Å². The van der Waals surface area contributed by atoms with Crippen LogP contribution in [0.2, 0.25) is 0 Å². The Bertz CT molecular complexity index is 987. The lowest BCUT2D eigenvalue weighted by atomic mass is 9.81. The quantitative estimate of drug-likeness (QED) is 0.292. The van der Waals surface area contributed by atoms with E-state index in [1.165, 1.54) is 0 Å². The van der Waals surface area contributed by atoms with E-state index in [0.717, 1.165) is 36.8 Å². The van der Waals surface area contributed by atoms with Crippen molar-refractivity contribution < 1.29 is 42.0 Å². The highest BCUT2D eigenvalue weighted by Gasteiger charge is 2.48. The van der Waals surface area contributed by atoms with Gasteiger partial charge in [-0.05, 0) is 25.8 Å². The van der Waals surface area contributed by atoms with Crippen molar-refractivity contribution >= 4 is 35.1 Å². The molecule has 1 heterocycles. The van der Waals surface area contributed by atoms with Crippen molar-refractivity contribution in [2.45, 2.75) is 44.9 Å². The molecule has 0 radical (unpaired) electrons. The molecular formula is C20H20F3N3O7. The standard InChI is InChI=1S/C20H20F3N3O7/c1-10(17(28)24-15-7-6-11(26(31)32)8-14(15)20(21,22)23)33-16(27)9-25-18(29)12-4-2-3-5-13(12)19(25)30/h6-8,10,12-13H,2-5,9H2,1H3,(H,24,28). The van der Waals surface area contributed by atoms with Crippen LogP contribution in [0.5, 0.6) is 0 Å². The molecule has 1 aromatic rings. The zero-order valence-corrected chi connectivity index (χ0v) is 17.4. The van der Waals surface area contributed by atoms with Gasteiger partial charge in [0.25, 0.3) is 11.6 Å². The SMILES string of the molecule is CC(OC(=O)CN1C(=O)C2CCCCC2C1=O)C(=O)Nc1ccc([N+](=O)[O-])cc1C(F)(F)F. The highest BCUT2D eigenvalue weighted by atomic mass is 19.4. The molecule has 1 aliphatic carbocycles. The molecule has 3 rings (SSSR count). The van der Waals surface area contributed by atoms with E-state index in [-0.39, 0.29) is 6.07 Å². The minimum absolute atomic E-state index is 0.274. The maximum atomic E-state index is 13.3. The number of fused-ring (bicyclic) bond motifs is 1. The molecule has 1 N–H and O–H groups in total. The number of nitrogens with one attached hydrogen (secondary N) is 1. The van der Waals surface area contributed by atoms with Gasteiger partial charge in [0.1, 0.15) is 6.54 Å². The number of halogens is 3. The van der Waals surface area contributed by atoms with E-state index in [0.29, 0.717) is 12.8 Å². The van der Waals surface area contributed by atoms with Crippen LogP contribution in [0.1, 0.15) is 38.2 Å². The van der Waals surface area contributed by atoms with Gasteiger partial charge in [0, 0.05) is 12.1 Å². The minimum atomic E-state index is -5.00. The third-order valence-corrected chi connectivity index (χ3v) is 5.67. The van der Waals surface area contributed by atoms with Crippen LogP contribution in [0.3, 0.4) is 0 Å². The number of carbonyl (C=O) groups is 4. The number of hydrogen-bond donors (Lipinski definition) is 1. The number of ether oxygens (including phenoxy) is 1. The molecule has 3 unspecified atom stereocenters. The monoisotopic (exact) mass is 471 g/mol. The van der Waals surface area contributed by atoms with Crippen molar-refractivity contribution in [1.29, 1.82) is 0 Å². The smallest absolute Gasteiger partial charge is 0.418 e. The second kappa shape index (κ2) is 9.16. The number of carbonyl (C=O) groups excluding carboxylic acids is 4. The van der Waals surface area contributed by atoms with Gasteiger partial charge in [-0.25, -0.2) is 0 Å². The first-order valence-electron chi connectivity index (χ1n) is 10.1. The fourth-order valence-corrected chi connectivity index (χ4v) is 4.03. The number of imide groups is 1. The molecule has 1 aliphatic heterocycles. The zero-order valence-electron chi connectivity index (χ0n) is 17.4. The summed E-state index contributed by atoms with van der Waals surface area (Å²) in [5, 5.41) is 12.7. The Hall–Kier alpha value is -3.51. The summed E-state index contributed by atoms with van der Waals surface area (Å²) >= 11 is 0. The number of likely N-dealkylation sites (tertiary alicyclic amines) is 1. The number of amides is 3. The van der Waals surface area contributed by atoms with Crippen LogP contribution >= 0.6 is 0 Å². The van der Waals surface area contributed by atoms with Crippen LogP contribution in [0.15, 0.2) is 18.2 Å². The number of hydrogen-bond acceptors (Lipinski definition) is 7. The number of rotatable bonds is 6. The first-order valence-corrected chi connectivity index (χ1v) is 10.1. The summed E-state index contributed by atoms with van der Waals surface area (Å²) < 4.78 is 44.7. The van der Waals surface area contributed by atoms with E-state index < -0.39 is 76.2 Å². The van der Waals surface area contributed by atoms with Gasteiger partial charge in [0.05, 0.1) is 28.0 Å². The second-order valence-corrected chi connectivity index (χ2v) is 7.87. The van der Waals surface area contributed by atoms with Crippen molar-refractivity contribution in [2.75, 3.05) is 11.9 Å². The van der Waals surface area contributed by atoms with Gasteiger partial charge >= 0.3 is 12.1 Å². The van der Waals surface area contributed by atoms with Crippen molar-refractivity contribution in [3.05, 3.63) is 33.9 Å².